The van der Waals surface area contributed by atoms with Gasteiger partial charge in [0.15, 0.2) is 0 Å². The normalized spacial score (nSPS) is 12.8. The van der Waals surface area contributed by atoms with Crippen LogP contribution in [0.2, 0.25) is 0 Å². The molecule has 3 rings (SSSR count). The highest BCUT2D eigenvalue weighted by molar-refractivity contribution is 5.88. The average Bonchev–Trinajstić information content (AvgIpc) is 3.00. The van der Waals surface area contributed by atoms with Crippen molar-refractivity contribution in [3.63, 3.8) is 0 Å². The van der Waals surface area contributed by atoms with Gasteiger partial charge in [0.1, 0.15) is 18.5 Å². The Kier molecular flexibility index (Phi) is 5.55. The molecule has 1 heterocycles. The summed E-state index contributed by atoms with van der Waals surface area (Å²) in [6, 6.07) is 12.6. The number of nitrogens with zero attached hydrogens (tertiary/aromatic N) is 2. The number of fused-ring (bicyclic) bond motifs is 1. The van der Waals surface area contributed by atoms with E-state index >= 15 is 0 Å². The van der Waals surface area contributed by atoms with Gasteiger partial charge in [0, 0.05) is 12.6 Å². The molecular weight excluding hydrogens is 375 g/mol. The van der Waals surface area contributed by atoms with Crippen LogP contribution in [-0.2, 0) is 17.5 Å². The third-order valence-electron chi connectivity index (χ3n) is 3.92. The lowest BCUT2D eigenvalue weighted by Gasteiger charge is -2.16. The fourth-order valence-corrected chi connectivity index (χ4v) is 2.77. The first-order valence-electron chi connectivity index (χ1n) is 8.45. The summed E-state index contributed by atoms with van der Waals surface area (Å²) in [5.74, 6) is -0.857. The van der Waals surface area contributed by atoms with Crippen molar-refractivity contribution in [2.45, 2.75) is 25.7 Å². The number of rotatable bonds is 6. The van der Waals surface area contributed by atoms with Crippen molar-refractivity contribution in [1.29, 1.82) is 0 Å². The van der Waals surface area contributed by atoms with Gasteiger partial charge in [-0.2, -0.15) is 13.2 Å². The maximum Gasteiger partial charge on any atom is 0.449 e. The van der Waals surface area contributed by atoms with Crippen LogP contribution >= 0.6 is 0 Å². The van der Waals surface area contributed by atoms with E-state index in [9.17, 15) is 23.1 Å². The molecule has 0 saturated carbocycles. The first kappa shape index (κ1) is 19.7. The number of halogens is 3. The number of anilines is 1. The van der Waals surface area contributed by atoms with E-state index in [0.717, 1.165) is 4.57 Å². The van der Waals surface area contributed by atoms with Crippen LogP contribution in [-0.4, -0.2) is 33.3 Å². The average molecular weight is 393 g/mol. The first-order chi connectivity index (χ1) is 13.2. The van der Waals surface area contributed by atoms with Crippen LogP contribution in [0.3, 0.4) is 0 Å². The lowest BCUT2D eigenvalue weighted by atomic mass is 10.3. The third kappa shape index (κ3) is 4.61. The minimum atomic E-state index is -4.64. The Balaban J connectivity index is 1.69. The zero-order chi connectivity index (χ0) is 20.3. The van der Waals surface area contributed by atoms with E-state index in [1.807, 2.05) is 0 Å². The summed E-state index contributed by atoms with van der Waals surface area (Å²) >= 11 is 0. The number of aliphatic hydroxyl groups is 1. The van der Waals surface area contributed by atoms with Crippen LogP contribution in [0.4, 0.5) is 18.9 Å². The molecule has 0 aliphatic rings. The van der Waals surface area contributed by atoms with Crippen molar-refractivity contribution in [3.05, 3.63) is 54.4 Å². The van der Waals surface area contributed by atoms with Crippen molar-refractivity contribution in [3.8, 4) is 5.75 Å². The number of ether oxygens (including phenoxy) is 1. The summed E-state index contributed by atoms with van der Waals surface area (Å²) in [5.41, 5.74) is 1.07. The summed E-state index contributed by atoms with van der Waals surface area (Å²) in [7, 11) is 0. The quantitative estimate of drug-likeness (QED) is 0.673. The number of para-hydroxylation sites is 2. The standard InChI is InChI=1S/C19H18F3N3O3/c1-12(26)23-13-6-8-15(9-7-13)28-11-14(27)10-25-17-5-3-2-4-16(17)24-18(25)19(20,21)22/h2-9,14,27H,10-11H2,1H3,(H,23,26). The summed E-state index contributed by atoms with van der Waals surface area (Å²) in [5, 5.41) is 12.8. The predicted octanol–water partition coefficient (Wildman–Crippen LogP) is 3.45. The van der Waals surface area contributed by atoms with Crippen LogP contribution in [0.25, 0.3) is 11.0 Å². The van der Waals surface area contributed by atoms with Crippen LogP contribution in [0, 0.1) is 0 Å². The van der Waals surface area contributed by atoms with Crippen molar-refractivity contribution in [2.24, 2.45) is 0 Å². The number of carbonyl (C=O) groups excluding carboxylic acids is 1. The van der Waals surface area contributed by atoms with Gasteiger partial charge < -0.3 is 19.7 Å². The molecule has 0 radical (unpaired) electrons. The van der Waals surface area contributed by atoms with Gasteiger partial charge in [-0.15, -0.1) is 0 Å². The number of imidazole rings is 1. The van der Waals surface area contributed by atoms with Crippen LogP contribution in [0.5, 0.6) is 5.75 Å². The SMILES string of the molecule is CC(=O)Nc1ccc(OCC(O)Cn2c(C(F)(F)F)nc3ccccc32)cc1. The number of aromatic nitrogens is 2. The Bertz CT molecular complexity index is 968. The molecule has 2 N–H and O–H groups in total. The van der Waals surface area contributed by atoms with Gasteiger partial charge in [-0.25, -0.2) is 4.98 Å². The highest BCUT2D eigenvalue weighted by Crippen LogP contribution is 2.31. The zero-order valence-corrected chi connectivity index (χ0v) is 14.9. The van der Waals surface area contributed by atoms with Gasteiger partial charge in [-0.1, -0.05) is 12.1 Å². The highest BCUT2D eigenvalue weighted by Gasteiger charge is 2.37. The number of carbonyl (C=O) groups is 1. The lowest BCUT2D eigenvalue weighted by molar-refractivity contribution is -0.147. The molecule has 0 bridgehead atoms. The number of aliphatic hydroxyl groups excluding tert-OH is 1. The first-order valence-corrected chi connectivity index (χ1v) is 8.45. The molecule has 2 aromatic carbocycles. The van der Waals surface area contributed by atoms with Crippen molar-refractivity contribution in [2.75, 3.05) is 11.9 Å². The van der Waals surface area contributed by atoms with Gasteiger partial charge >= 0.3 is 6.18 Å². The zero-order valence-electron chi connectivity index (χ0n) is 14.9. The molecule has 0 saturated heterocycles. The van der Waals surface area contributed by atoms with Gasteiger partial charge in [-0.05, 0) is 36.4 Å². The monoisotopic (exact) mass is 393 g/mol. The Morgan fingerprint density at radius 2 is 1.89 bits per heavy atom. The molecule has 148 valence electrons. The Morgan fingerprint density at radius 1 is 1.21 bits per heavy atom. The fourth-order valence-electron chi connectivity index (χ4n) is 2.77. The van der Waals surface area contributed by atoms with E-state index in [-0.39, 0.29) is 30.1 Å². The Hall–Kier alpha value is -3.07. The smallest absolute Gasteiger partial charge is 0.449 e. The molecular formula is C19H18F3N3O3. The molecule has 3 aromatic rings. The number of hydrogen-bond donors (Lipinski definition) is 2. The second-order valence-electron chi connectivity index (χ2n) is 6.20. The Labute approximate surface area is 158 Å². The van der Waals surface area contributed by atoms with Crippen molar-refractivity contribution >= 4 is 22.6 Å². The number of alkyl halides is 3. The molecule has 1 atom stereocenters. The number of nitrogens with one attached hydrogen (secondary N) is 1. The van der Waals surface area contributed by atoms with E-state index in [1.54, 1.807) is 36.4 Å². The van der Waals surface area contributed by atoms with Gasteiger partial charge in [0.2, 0.25) is 11.7 Å². The van der Waals surface area contributed by atoms with E-state index in [0.29, 0.717) is 11.4 Å². The second kappa shape index (κ2) is 7.89. The van der Waals surface area contributed by atoms with Gasteiger partial charge in [-0.3, -0.25) is 4.79 Å². The molecule has 28 heavy (non-hydrogen) atoms. The molecule has 9 heteroatoms. The number of benzene rings is 2. The van der Waals surface area contributed by atoms with Crippen LogP contribution in [0.15, 0.2) is 48.5 Å². The minimum absolute atomic E-state index is 0.205. The molecule has 0 aliphatic heterocycles. The molecule has 0 aliphatic carbocycles. The fraction of sp³-hybridized carbons (Fsp3) is 0.263. The van der Waals surface area contributed by atoms with Crippen LogP contribution in [0.1, 0.15) is 12.7 Å². The molecule has 1 amide bonds. The molecule has 1 aromatic heterocycles. The van der Waals surface area contributed by atoms with E-state index < -0.39 is 18.1 Å². The third-order valence-corrected chi connectivity index (χ3v) is 3.92. The summed E-state index contributed by atoms with van der Waals surface area (Å²) in [6.07, 6.45) is -5.83. The summed E-state index contributed by atoms with van der Waals surface area (Å²) < 4.78 is 46.3. The minimum Gasteiger partial charge on any atom is -0.491 e. The van der Waals surface area contributed by atoms with E-state index in [1.165, 1.54) is 19.1 Å². The maximum atomic E-state index is 13.3. The second-order valence-corrected chi connectivity index (χ2v) is 6.20. The van der Waals surface area contributed by atoms with Gasteiger partial charge in [0.25, 0.3) is 0 Å². The van der Waals surface area contributed by atoms with Gasteiger partial charge in [0.05, 0.1) is 17.6 Å². The topological polar surface area (TPSA) is 76.4 Å². The Morgan fingerprint density at radius 3 is 2.54 bits per heavy atom. The largest absolute Gasteiger partial charge is 0.491 e. The van der Waals surface area contributed by atoms with Crippen molar-refractivity contribution in [1.82, 2.24) is 9.55 Å². The number of amides is 1. The lowest BCUT2D eigenvalue weighted by Crippen LogP contribution is -2.26. The number of hydrogen-bond acceptors (Lipinski definition) is 4. The predicted molar refractivity (Wildman–Crippen MR) is 97.0 cm³/mol. The molecule has 0 spiro atoms. The van der Waals surface area contributed by atoms with E-state index in [2.05, 4.69) is 10.3 Å². The molecule has 0 fully saturated rings. The van der Waals surface area contributed by atoms with Crippen LogP contribution < -0.4 is 10.1 Å². The summed E-state index contributed by atoms with van der Waals surface area (Å²) in [6.45, 7) is 0.860. The summed E-state index contributed by atoms with van der Waals surface area (Å²) in [4.78, 5) is 14.6. The highest BCUT2D eigenvalue weighted by atomic mass is 19.4. The van der Waals surface area contributed by atoms with E-state index in [4.69, 9.17) is 4.74 Å². The maximum absolute atomic E-state index is 13.3. The van der Waals surface area contributed by atoms with Crippen molar-refractivity contribution < 1.29 is 27.8 Å². The molecule has 1 unspecified atom stereocenters. The molecule has 6 nitrogen and oxygen atoms in total.